The molecular formula is C19H26N2O3. The summed E-state index contributed by atoms with van der Waals surface area (Å²) in [6, 6.07) is 9.85. The lowest BCUT2D eigenvalue weighted by molar-refractivity contribution is -0.144. The Hall–Kier alpha value is -1.88. The summed E-state index contributed by atoms with van der Waals surface area (Å²) >= 11 is 0. The van der Waals surface area contributed by atoms with Crippen molar-refractivity contribution < 1.29 is 14.3 Å². The molecule has 5 nitrogen and oxygen atoms in total. The molecule has 3 rings (SSSR count). The molecule has 1 aliphatic carbocycles. The van der Waals surface area contributed by atoms with Gasteiger partial charge >= 0.3 is 0 Å². The van der Waals surface area contributed by atoms with Crippen molar-refractivity contribution in [2.45, 2.75) is 32.3 Å². The second-order valence-electron chi connectivity index (χ2n) is 6.67. The molecule has 0 unspecified atom stereocenters. The van der Waals surface area contributed by atoms with Gasteiger partial charge in [0.05, 0.1) is 6.61 Å². The smallest absolute Gasteiger partial charge is 0.248 e. The average Bonchev–Trinajstić information content (AvgIpc) is 3.17. The molecule has 130 valence electrons. The van der Waals surface area contributed by atoms with Crippen LogP contribution in [0.25, 0.3) is 0 Å². The van der Waals surface area contributed by atoms with E-state index in [1.807, 2.05) is 40.1 Å². The molecule has 1 heterocycles. The monoisotopic (exact) mass is 330 g/mol. The summed E-state index contributed by atoms with van der Waals surface area (Å²) in [5.74, 6) is 0.528. The molecule has 0 bridgehead atoms. The maximum Gasteiger partial charge on any atom is 0.248 e. The highest BCUT2D eigenvalue weighted by Crippen LogP contribution is 2.26. The van der Waals surface area contributed by atoms with Crippen LogP contribution in [0.4, 0.5) is 0 Å². The Balaban J connectivity index is 1.38. The molecule has 24 heavy (non-hydrogen) atoms. The molecule has 1 saturated heterocycles. The molecule has 0 radical (unpaired) electrons. The summed E-state index contributed by atoms with van der Waals surface area (Å²) in [6.07, 6.45) is 4.41. The molecule has 0 spiro atoms. The second-order valence-corrected chi connectivity index (χ2v) is 6.67. The SMILES string of the molecule is O=C(COCc1ccccc1)N1CCN(C(=O)C2CCCC2)CC1. The fourth-order valence-corrected chi connectivity index (χ4v) is 3.53. The van der Waals surface area contributed by atoms with Crippen molar-refractivity contribution in [2.24, 2.45) is 5.92 Å². The highest BCUT2D eigenvalue weighted by molar-refractivity contribution is 5.80. The highest BCUT2D eigenvalue weighted by Gasteiger charge is 2.30. The Morgan fingerprint density at radius 3 is 2.25 bits per heavy atom. The lowest BCUT2D eigenvalue weighted by atomic mass is 10.1. The number of carbonyl (C=O) groups excluding carboxylic acids is 2. The largest absolute Gasteiger partial charge is 0.367 e. The first-order chi connectivity index (χ1) is 11.7. The normalized spacial score (nSPS) is 18.8. The van der Waals surface area contributed by atoms with Gasteiger partial charge in [0, 0.05) is 32.1 Å². The fraction of sp³-hybridized carbons (Fsp3) is 0.579. The first-order valence-electron chi connectivity index (χ1n) is 8.92. The summed E-state index contributed by atoms with van der Waals surface area (Å²) in [6.45, 7) is 3.09. The van der Waals surface area contributed by atoms with Gasteiger partial charge in [-0.15, -0.1) is 0 Å². The van der Waals surface area contributed by atoms with Crippen molar-refractivity contribution in [1.29, 1.82) is 0 Å². The molecule has 2 fully saturated rings. The van der Waals surface area contributed by atoms with Gasteiger partial charge in [-0.1, -0.05) is 43.2 Å². The fourth-order valence-electron chi connectivity index (χ4n) is 3.53. The van der Waals surface area contributed by atoms with Crippen LogP contribution in [-0.4, -0.2) is 54.4 Å². The maximum atomic E-state index is 12.4. The van der Waals surface area contributed by atoms with Gasteiger partial charge in [-0.25, -0.2) is 0 Å². The predicted octanol–water partition coefficient (Wildman–Crippen LogP) is 2.06. The van der Waals surface area contributed by atoms with Crippen LogP contribution in [-0.2, 0) is 20.9 Å². The van der Waals surface area contributed by atoms with E-state index >= 15 is 0 Å². The van der Waals surface area contributed by atoms with Crippen molar-refractivity contribution >= 4 is 11.8 Å². The zero-order valence-corrected chi connectivity index (χ0v) is 14.2. The van der Waals surface area contributed by atoms with E-state index in [2.05, 4.69) is 0 Å². The first kappa shape index (κ1) is 17.0. The Kier molecular flexibility index (Phi) is 5.86. The molecule has 0 aromatic heterocycles. The van der Waals surface area contributed by atoms with Crippen LogP contribution in [0.2, 0.25) is 0 Å². The summed E-state index contributed by atoms with van der Waals surface area (Å²) < 4.78 is 5.52. The lowest BCUT2D eigenvalue weighted by Crippen LogP contribution is -2.52. The van der Waals surface area contributed by atoms with Crippen LogP contribution >= 0.6 is 0 Å². The van der Waals surface area contributed by atoms with E-state index < -0.39 is 0 Å². The Morgan fingerprint density at radius 2 is 1.58 bits per heavy atom. The van der Waals surface area contributed by atoms with Gasteiger partial charge in [0.1, 0.15) is 6.61 Å². The second kappa shape index (κ2) is 8.29. The summed E-state index contributed by atoms with van der Waals surface area (Å²) in [5, 5.41) is 0. The number of ether oxygens (including phenoxy) is 1. The van der Waals surface area contributed by atoms with Gasteiger partial charge in [-0.05, 0) is 18.4 Å². The summed E-state index contributed by atoms with van der Waals surface area (Å²) in [4.78, 5) is 28.4. The molecule has 1 aromatic carbocycles. The van der Waals surface area contributed by atoms with Crippen LogP contribution in [0, 0.1) is 5.92 Å². The number of amides is 2. The minimum Gasteiger partial charge on any atom is -0.367 e. The van der Waals surface area contributed by atoms with Crippen molar-refractivity contribution in [1.82, 2.24) is 9.80 Å². The average molecular weight is 330 g/mol. The maximum absolute atomic E-state index is 12.4. The third-order valence-corrected chi connectivity index (χ3v) is 4.99. The minimum absolute atomic E-state index is 0.0129. The number of piperazine rings is 1. The Bertz CT molecular complexity index is 547. The third kappa shape index (κ3) is 4.35. The van der Waals surface area contributed by atoms with Gasteiger partial charge in [-0.2, -0.15) is 0 Å². The number of rotatable bonds is 5. The molecule has 1 aromatic rings. The van der Waals surface area contributed by atoms with Crippen molar-refractivity contribution in [3.05, 3.63) is 35.9 Å². The van der Waals surface area contributed by atoms with E-state index in [0.29, 0.717) is 38.7 Å². The van der Waals surface area contributed by atoms with Gasteiger partial charge < -0.3 is 14.5 Å². The molecule has 1 aliphatic heterocycles. The first-order valence-corrected chi connectivity index (χ1v) is 8.92. The molecule has 2 amide bonds. The van der Waals surface area contributed by atoms with Gasteiger partial charge in [0.2, 0.25) is 11.8 Å². The van der Waals surface area contributed by atoms with Gasteiger partial charge in [-0.3, -0.25) is 9.59 Å². The van der Waals surface area contributed by atoms with Gasteiger partial charge in [0.15, 0.2) is 0 Å². The van der Waals surface area contributed by atoms with E-state index in [-0.39, 0.29) is 18.4 Å². The Morgan fingerprint density at radius 1 is 0.958 bits per heavy atom. The van der Waals surface area contributed by atoms with Crippen LogP contribution in [0.5, 0.6) is 0 Å². The van der Waals surface area contributed by atoms with E-state index in [4.69, 9.17) is 4.74 Å². The quantitative estimate of drug-likeness (QED) is 0.830. The third-order valence-electron chi connectivity index (χ3n) is 4.99. The van der Waals surface area contributed by atoms with E-state index in [1.165, 1.54) is 12.8 Å². The predicted molar refractivity (Wildman–Crippen MR) is 91.2 cm³/mol. The topological polar surface area (TPSA) is 49.9 Å². The number of carbonyl (C=O) groups is 2. The van der Waals surface area contributed by atoms with Crippen molar-refractivity contribution in [3.8, 4) is 0 Å². The number of benzene rings is 1. The number of hydrogen-bond donors (Lipinski definition) is 0. The van der Waals surface area contributed by atoms with E-state index in [9.17, 15) is 9.59 Å². The molecule has 0 N–H and O–H groups in total. The zero-order chi connectivity index (χ0) is 16.8. The molecule has 5 heteroatoms. The van der Waals surface area contributed by atoms with Crippen LogP contribution in [0.15, 0.2) is 30.3 Å². The van der Waals surface area contributed by atoms with E-state index in [1.54, 1.807) is 0 Å². The minimum atomic E-state index is 0.0129. The lowest BCUT2D eigenvalue weighted by Gasteiger charge is -2.36. The highest BCUT2D eigenvalue weighted by atomic mass is 16.5. The van der Waals surface area contributed by atoms with Crippen LogP contribution < -0.4 is 0 Å². The van der Waals surface area contributed by atoms with Crippen molar-refractivity contribution in [3.63, 3.8) is 0 Å². The van der Waals surface area contributed by atoms with E-state index in [0.717, 1.165) is 18.4 Å². The molecule has 0 atom stereocenters. The van der Waals surface area contributed by atoms with Crippen molar-refractivity contribution in [2.75, 3.05) is 32.8 Å². The summed E-state index contributed by atoms with van der Waals surface area (Å²) in [5.41, 5.74) is 1.07. The molecular weight excluding hydrogens is 304 g/mol. The van der Waals surface area contributed by atoms with Crippen LogP contribution in [0.1, 0.15) is 31.2 Å². The number of nitrogens with zero attached hydrogens (tertiary/aromatic N) is 2. The molecule has 1 saturated carbocycles. The number of hydrogen-bond acceptors (Lipinski definition) is 3. The summed E-state index contributed by atoms with van der Waals surface area (Å²) in [7, 11) is 0. The zero-order valence-electron chi connectivity index (χ0n) is 14.2. The van der Waals surface area contributed by atoms with Crippen LogP contribution in [0.3, 0.4) is 0 Å². The standard InChI is InChI=1S/C19H26N2O3/c22-18(15-24-14-16-6-2-1-3-7-16)20-10-12-21(13-11-20)19(23)17-8-4-5-9-17/h1-3,6-7,17H,4-5,8-15H2. The Labute approximate surface area is 143 Å². The molecule has 2 aliphatic rings. The van der Waals surface area contributed by atoms with Gasteiger partial charge in [0.25, 0.3) is 0 Å².